The van der Waals surface area contributed by atoms with Gasteiger partial charge in [-0.1, -0.05) is 17.7 Å². The largest absolute Gasteiger partial charge is 0.504 e. The lowest BCUT2D eigenvalue weighted by Crippen LogP contribution is -2.61. The normalized spacial score (nSPS) is 26.7. The number of nitrogens with zero attached hydrogens (tertiary/aromatic N) is 2. The molecule has 1 aromatic heterocycles. The molecule has 0 unspecified atom stereocenters. The monoisotopic (exact) mass is 435 g/mol. The van der Waals surface area contributed by atoms with Crippen LogP contribution >= 0.6 is 11.6 Å². The number of fused-ring (bicyclic) bond motifs is 2. The van der Waals surface area contributed by atoms with Crippen LogP contribution in [0.4, 0.5) is 0 Å². The molecule has 0 spiro atoms. The van der Waals surface area contributed by atoms with Crippen LogP contribution in [0.3, 0.4) is 0 Å². The Labute approximate surface area is 187 Å². The number of aromatic hydroxyl groups is 1. The van der Waals surface area contributed by atoms with Crippen molar-refractivity contribution in [2.75, 3.05) is 20.7 Å². The van der Waals surface area contributed by atoms with Gasteiger partial charge in [0.1, 0.15) is 5.82 Å². The molecule has 2 bridgehead atoms. The van der Waals surface area contributed by atoms with Gasteiger partial charge in [0.2, 0.25) is 0 Å². The molecule has 1 saturated heterocycles. The Morgan fingerprint density at radius 1 is 1.19 bits per heavy atom. The molecule has 5 nitrogen and oxygen atoms in total. The fourth-order valence-corrected chi connectivity index (χ4v) is 6.53. The highest BCUT2D eigenvalue weighted by Crippen LogP contribution is 2.57. The SMILES string of the molecule is COc1ccc2c(c1O)[C@@]13CCN(C)[C@@H](C2)[C@H]1Cc1nc(-c2ccc(Cl)cc2)[nH]c1C3. The Morgan fingerprint density at radius 2 is 2.00 bits per heavy atom. The second-order valence-electron chi connectivity index (χ2n) is 9.31. The molecule has 2 heterocycles. The lowest BCUT2D eigenvalue weighted by Gasteiger charge is -2.57. The summed E-state index contributed by atoms with van der Waals surface area (Å²) in [6.07, 6.45) is 3.77. The van der Waals surface area contributed by atoms with Crippen molar-refractivity contribution < 1.29 is 9.84 Å². The Balaban J connectivity index is 1.50. The summed E-state index contributed by atoms with van der Waals surface area (Å²) in [6, 6.07) is 12.3. The van der Waals surface area contributed by atoms with Gasteiger partial charge in [0.25, 0.3) is 0 Å². The van der Waals surface area contributed by atoms with Gasteiger partial charge in [0, 0.05) is 33.3 Å². The maximum absolute atomic E-state index is 11.2. The van der Waals surface area contributed by atoms with Crippen molar-refractivity contribution in [3.8, 4) is 22.9 Å². The van der Waals surface area contributed by atoms with Crippen molar-refractivity contribution in [2.45, 2.75) is 37.1 Å². The summed E-state index contributed by atoms with van der Waals surface area (Å²) < 4.78 is 5.50. The minimum absolute atomic E-state index is 0.0970. The first-order valence-electron chi connectivity index (χ1n) is 10.9. The maximum atomic E-state index is 11.2. The molecule has 0 amide bonds. The van der Waals surface area contributed by atoms with E-state index in [4.69, 9.17) is 21.3 Å². The zero-order valence-corrected chi connectivity index (χ0v) is 18.5. The number of piperidine rings is 1. The van der Waals surface area contributed by atoms with Crippen LogP contribution in [0.2, 0.25) is 5.02 Å². The molecule has 6 rings (SSSR count). The smallest absolute Gasteiger partial charge is 0.161 e. The number of aromatic amines is 1. The van der Waals surface area contributed by atoms with E-state index in [1.54, 1.807) is 7.11 Å². The summed E-state index contributed by atoms with van der Waals surface area (Å²) in [5, 5.41) is 12.0. The molecule has 0 saturated carbocycles. The lowest BCUT2D eigenvalue weighted by atomic mass is 9.52. The number of phenols is 1. The van der Waals surface area contributed by atoms with E-state index in [2.05, 4.69) is 23.0 Å². The standard InChI is InChI=1S/C25H26ClN3O2/c1-29-10-9-25-13-19-18(27-24(28-19)14-3-6-16(26)7-4-14)12-17(25)20(29)11-15-5-8-21(31-2)23(30)22(15)25/h3-8,17,20,30H,9-13H2,1-2H3,(H,27,28)/t17-,20+,25-/m1/s1. The third-order valence-corrected chi connectivity index (χ3v) is 8.16. The van der Waals surface area contributed by atoms with Gasteiger partial charge in [-0.15, -0.1) is 0 Å². The van der Waals surface area contributed by atoms with Gasteiger partial charge in [-0.2, -0.15) is 0 Å². The first kappa shape index (κ1) is 19.2. The molecule has 0 radical (unpaired) electrons. The van der Waals surface area contributed by atoms with E-state index in [1.165, 1.54) is 11.3 Å². The Bertz CT molecular complexity index is 1170. The molecule has 3 aromatic rings. The number of hydrogen-bond donors (Lipinski definition) is 2. The van der Waals surface area contributed by atoms with E-state index in [1.807, 2.05) is 30.3 Å². The van der Waals surface area contributed by atoms with Gasteiger partial charge >= 0.3 is 0 Å². The third kappa shape index (κ3) is 2.69. The number of aromatic nitrogens is 2. The number of rotatable bonds is 2. The molecule has 3 atom stereocenters. The van der Waals surface area contributed by atoms with Crippen molar-refractivity contribution >= 4 is 11.6 Å². The Hall–Kier alpha value is -2.50. The predicted molar refractivity (Wildman–Crippen MR) is 121 cm³/mol. The number of hydrogen-bond acceptors (Lipinski definition) is 4. The van der Waals surface area contributed by atoms with E-state index in [0.29, 0.717) is 23.5 Å². The number of benzene rings is 2. The number of H-pyrrole nitrogens is 1. The number of halogens is 1. The molecule has 1 fully saturated rings. The van der Waals surface area contributed by atoms with Crippen molar-refractivity contribution in [1.82, 2.24) is 14.9 Å². The van der Waals surface area contributed by atoms with Crippen molar-refractivity contribution in [1.29, 1.82) is 0 Å². The Morgan fingerprint density at radius 3 is 2.77 bits per heavy atom. The van der Waals surface area contributed by atoms with Gasteiger partial charge in [-0.05, 0) is 81.1 Å². The third-order valence-electron chi connectivity index (χ3n) is 7.91. The highest BCUT2D eigenvalue weighted by atomic mass is 35.5. The quantitative estimate of drug-likeness (QED) is 0.628. The first-order valence-corrected chi connectivity index (χ1v) is 11.3. The minimum atomic E-state index is -0.0970. The first-order chi connectivity index (χ1) is 15.0. The van der Waals surface area contributed by atoms with Crippen LogP contribution < -0.4 is 4.74 Å². The van der Waals surface area contributed by atoms with E-state index in [9.17, 15) is 5.11 Å². The highest BCUT2D eigenvalue weighted by Gasteiger charge is 2.56. The number of methoxy groups -OCH3 is 1. The number of phenolic OH excluding ortho intramolecular Hbond substituents is 1. The summed E-state index contributed by atoms with van der Waals surface area (Å²) in [6.45, 7) is 1.03. The second kappa shape index (κ2) is 6.75. The van der Waals surface area contributed by atoms with Crippen molar-refractivity contribution in [3.05, 3.63) is 63.9 Å². The fraction of sp³-hybridized carbons (Fsp3) is 0.400. The molecule has 1 aliphatic heterocycles. The van der Waals surface area contributed by atoms with Crippen LogP contribution in [0.5, 0.6) is 11.5 Å². The number of likely N-dealkylation sites (tertiary alicyclic amines) is 1. The van der Waals surface area contributed by atoms with Gasteiger partial charge < -0.3 is 19.7 Å². The minimum Gasteiger partial charge on any atom is -0.504 e. The number of ether oxygens (including phenoxy) is 1. The maximum Gasteiger partial charge on any atom is 0.161 e. The number of likely N-dealkylation sites (N-methyl/N-ethyl adjacent to an activating group) is 1. The zero-order chi connectivity index (χ0) is 21.3. The van der Waals surface area contributed by atoms with E-state index < -0.39 is 0 Å². The van der Waals surface area contributed by atoms with Gasteiger partial charge in [-0.25, -0.2) is 4.98 Å². The predicted octanol–water partition coefficient (Wildman–Crippen LogP) is 4.36. The van der Waals surface area contributed by atoms with Crippen molar-refractivity contribution in [2.24, 2.45) is 5.92 Å². The molecule has 6 heteroatoms. The van der Waals surface area contributed by atoms with Crippen LogP contribution in [0.15, 0.2) is 36.4 Å². The van der Waals surface area contributed by atoms with E-state index >= 15 is 0 Å². The summed E-state index contributed by atoms with van der Waals surface area (Å²) in [5.41, 5.74) is 5.67. The summed E-state index contributed by atoms with van der Waals surface area (Å²) >= 11 is 6.07. The lowest BCUT2D eigenvalue weighted by molar-refractivity contribution is 0.0215. The number of imidazole rings is 1. The van der Waals surface area contributed by atoms with Crippen LogP contribution in [0.25, 0.3) is 11.4 Å². The highest BCUT2D eigenvalue weighted by molar-refractivity contribution is 6.30. The molecule has 160 valence electrons. The molecular formula is C25H26ClN3O2. The molecule has 3 aliphatic rings. The van der Waals surface area contributed by atoms with E-state index in [-0.39, 0.29) is 5.41 Å². The molecule has 2 N–H and O–H groups in total. The molecule has 2 aliphatic carbocycles. The average molecular weight is 436 g/mol. The fourth-order valence-electron chi connectivity index (χ4n) is 6.41. The van der Waals surface area contributed by atoms with Gasteiger partial charge in [0.15, 0.2) is 11.5 Å². The molecule has 2 aromatic carbocycles. The van der Waals surface area contributed by atoms with Gasteiger partial charge in [-0.3, -0.25) is 0 Å². The van der Waals surface area contributed by atoms with Gasteiger partial charge in [0.05, 0.1) is 12.8 Å². The molecule has 31 heavy (non-hydrogen) atoms. The Kier molecular flexibility index (Phi) is 4.18. The summed E-state index contributed by atoms with van der Waals surface area (Å²) in [7, 11) is 3.87. The summed E-state index contributed by atoms with van der Waals surface area (Å²) in [4.78, 5) is 11.1. The zero-order valence-electron chi connectivity index (χ0n) is 17.8. The van der Waals surface area contributed by atoms with Crippen LogP contribution in [0.1, 0.15) is 28.9 Å². The van der Waals surface area contributed by atoms with Crippen LogP contribution in [-0.4, -0.2) is 46.7 Å². The van der Waals surface area contributed by atoms with Crippen LogP contribution in [0, 0.1) is 5.92 Å². The topological polar surface area (TPSA) is 61.4 Å². The number of nitrogens with one attached hydrogen (secondary N) is 1. The van der Waals surface area contributed by atoms with Crippen LogP contribution in [-0.2, 0) is 24.7 Å². The van der Waals surface area contributed by atoms with Crippen molar-refractivity contribution in [3.63, 3.8) is 0 Å². The van der Waals surface area contributed by atoms with E-state index in [0.717, 1.165) is 59.9 Å². The molecular weight excluding hydrogens is 410 g/mol. The second-order valence-corrected chi connectivity index (χ2v) is 9.75. The average Bonchev–Trinajstić information content (AvgIpc) is 3.17. The summed E-state index contributed by atoms with van der Waals surface area (Å²) in [5.74, 6) is 2.22.